The molecular weight excluding hydrogens is 308 g/mol. The van der Waals surface area contributed by atoms with Gasteiger partial charge in [0.05, 0.1) is 23.7 Å². The standard InChI is InChI=1S/C18H16N2O4/c21-15-11-7-1-2-8(5-7)12(11)16(22)19(15)20-17(23)13-9-3-4-10(6-9)14(13)18(20)24/h1-4,7-14H,5-6H2/t7-,8-,9-,10+,11-,12+,13+,14+/m0/s1. The topological polar surface area (TPSA) is 74.8 Å². The SMILES string of the molecule is O=C1[C@@H]2[C@H](C(=O)N1N1C(=O)[C@H]3[C@H](C1=O)[C@H]1C=C[C@@H]3C1)[C@H]1C=C[C@H]2C1. The Labute approximate surface area is 138 Å². The van der Waals surface area contributed by atoms with Gasteiger partial charge in [0.15, 0.2) is 0 Å². The lowest BCUT2D eigenvalue weighted by atomic mass is 9.85. The van der Waals surface area contributed by atoms with E-state index in [0.29, 0.717) is 0 Å². The summed E-state index contributed by atoms with van der Waals surface area (Å²) in [5.74, 6) is -2.67. The molecule has 0 spiro atoms. The second-order valence-electron chi connectivity index (χ2n) is 7.98. The number of carbonyl (C=O) groups is 4. The fourth-order valence-corrected chi connectivity index (χ4v) is 6.17. The summed E-state index contributed by atoms with van der Waals surface area (Å²) in [6.45, 7) is 0. The molecule has 122 valence electrons. The minimum atomic E-state index is -0.386. The summed E-state index contributed by atoms with van der Waals surface area (Å²) in [4.78, 5) is 51.5. The molecule has 6 nitrogen and oxygen atoms in total. The number of hydrogen-bond acceptors (Lipinski definition) is 4. The lowest BCUT2D eigenvalue weighted by molar-refractivity contribution is -0.174. The third kappa shape index (κ3) is 1.21. The zero-order chi connectivity index (χ0) is 16.3. The summed E-state index contributed by atoms with van der Waals surface area (Å²) in [5.41, 5.74) is 0. The number of amides is 4. The second-order valence-corrected chi connectivity index (χ2v) is 7.98. The minimum Gasteiger partial charge on any atom is -0.272 e. The van der Waals surface area contributed by atoms with E-state index in [9.17, 15) is 19.2 Å². The Morgan fingerprint density at radius 3 is 1.04 bits per heavy atom. The van der Waals surface area contributed by atoms with Gasteiger partial charge in [0.25, 0.3) is 23.6 Å². The molecule has 0 aromatic heterocycles. The summed E-state index contributed by atoms with van der Waals surface area (Å²) in [6, 6.07) is 0. The molecule has 2 heterocycles. The molecule has 2 aliphatic heterocycles. The van der Waals surface area contributed by atoms with Crippen LogP contribution < -0.4 is 0 Å². The molecule has 8 atom stereocenters. The predicted molar refractivity (Wildman–Crippen MR) is 79.1 cm³/mol. The van der Waals surface area contributed by atoms with Crippen molar-refractivity contribution in [2.24, 2.45) is 47.3 Å². The lowest BCUT2D eigenvalue weighted by Gasteiger charge is -2.26. The number of hydrogen-bond donors (Lipinski definition) is 0. The Kier molecular flexibility index (Phi) is 2.11. The minimum absolute atomic E-state index is 0.0756. The highest BCUT2D eigenvalue weighted by Crippen LogP contribution is 2.56. The molecule has 0 N–H and O–H groups in total. The van der Waals surface area contributed by atoms with E-state index < -0.39 is 0 Å². The number of fused-ring (bicyclic) bond motifs is 10. The van der Waals surface area contributed by atoms with Crippen molar-refractivity contribution in [1.82, 2.24) is 10.0 Å². The second kappa shape index (κ2) is 3.87. The first-order chi connectivity index (χ1) is 11.6. The molecule has 2 saturated heterocycles. The molecule has 24 heavy (non-hydrogen) atoms. The molecule has 0 radical (unpaired) electrons. The molecule has 6 rings (SSSR count). The van der Waals surface area contributed by atoms with Crippen LogP contribution in [0, 0.1) is 47.3 Å². The van der Waals surface area contributed by atoms with Gasteiger partial charge in [-0.25, -0.2) is 0 Å². The van der Waals surface area contributed by atoms with Crippen LogP contribution in [0.15, 0.2) is 24.3 Å². The van der Waals surface area contributed by atoms with Gasteiger partial charge in [-0.15, -0.1) is 0 Å². The largest absolute Gasteiger partial charge is 0.272 e. The Morgan fingerprint density at radius 2 is 0.792 bits per heavy atom. The van der Waals surface area contributed by atoms with Crippen LogP contribution in [-0.2, 0) is 19.2 Å². The van der Waals surface area contributed by atoms with Crippen LogP contribution in [0.5, 0.6) is 0 Å². The van der Waals surface area contributed by atoms with Gasteiger partial charge < -0.3 is 0 Å². The Balaban J connectivity index is 1.39. The van der Waals surface area contributed by atoms with Gasteiger partial charge in [-0.2, -0.15) is 10.0 Å². The summed E-state index contributed by atoms with van der Waals surface area (Å²) in [5, 5.41) is 1.81. The average molecular weight is 324 g/mol. The maximum Gasteiger partial charge on any atom is 0.253 e. The molecular formula is C18H16N2O4. The maximum absolute atomic E-state index is 12.9. The third-order valence-electron chi connectivity index (χ3n) is 7.09. The van der Waals surface area contributed by atoms with Crippen molar-refractivity contribution in [3.05, 3.63) is 24.3 Å². The zero-order valence-electron chi connectivity index (χ0n) is 12.9. The van der Waals surface area contributed by atoms with Crippen molar-refractivity contribution in [3.8, 4) is 0 Å². The van der Waals surface area contributed by atoms with Gasteiger partial charge in [-0.3, -0.25) is 19.2 Å². The van der Waals surface area contributed by atoms with E-state index in [0.717, 1.165) is 22.9 Å². The van der Waals surface area contributed by atoms with Crippen LogP contribution in [0.1, 0.15) is 12.8 Å². The molecule has 0 aromatic rings. The van der Waals surface area contributed by atoms with Gasteiger partial charge in [0.1, 0.15) is 0 Å². The van der Waals surface area contributed by atoms with E-state index in [1.165, 1.54) is 0 Å². The number of imide groups is 2. The summed E-state index contributed by atoms with van der Waals surface area (Å²) < 4.78 is 0. The maximum atomic E-state index is 12.9. The van der Waals surface area contributed by atoms with Crippen molar-refractivity contribution in [3.63, 3.8) is 0 Å². The molecule has 0 unspecified atom stereocenters. The molecule has 4 bridgehead atoms. The van der Waals surface area contributed by atoms with E-state index in [1.807, 2.05) is 24.3 Å². The van der Waals surface area contributed by atoms with Crippen LogP contribution in [-0.4, -0.2) is 33.6 Å². The van der Waals surface area contributed by atoms with Crippen LogP contribution in [0.4, 0.5) is 0 Å². The smallest absolute Gasteiger partial charge is 0.253 e. The first-order valence-electron chi connectivity index (χ1n) is 8.70. The van der Waals surface area contributed by atoms with E-state index in [1.54, 1.807) is 0 Å². The Morgan fingerprint density at radius 1 is 0.542 bits per heavy atom. The highest BCUT2D eigenvalue weighted by Gasteiger charge is 2.66. The molecule has 0 aromatic carbocycles. The first kappa shape index (κ1) is 13.1. The number of carbonyl (C=O) groups excluding carboxylic acids is 4. The van der Waals surface area contributed by atoms with Crippen molar-refractivity contribution in [2.75, 3.05) is 0 Å². The Hall–Kier alpha value is -2.24. The van der Waals surface area contributed by atoms with Gasteiger partial charge in [0.2, 0.25) is 0 Å². The van der Waals surface area contributed by atoms with Crippen LogP contribution >= 0.6 is 0 Å². The monoisotopic (exact) mass is 324 g/mol. The third-order valence-corrected chi connectivity index (χ3v) is 7.09. The normalized spacial score (nSPS) is 50.0. The molecule has 4 amide bonds. The van der Waals surface area contributed by atoms with E-state index >= 15 is 0 Å². The van der Waals surface area contributed by atoms with Crippen LogP contribution in [0.2, 0.25) is 0 Å². The molecule has 6 aliphatic rings. The fraction of sp³-hybridized carbons (Fsp3) is 0.556. The summed E-state index contributed by atoms with van der Waals surface area (Å²) in [7, 11) is 0. The van der Waals surface area contributed by atoms with E-state index in [-0.39, 0.29) is 71.0 Å². The van der Waals surface area contributed by atoms with Gasteiger partial charge in [-0.05, 0) is 36.5 Å². The highest BCUT2D eigenvalue weighted by atomic mass is 16.2. The predicted octanol–water partition coefficient (Wildman–Crippen LogP) is 0.516. The molecule has 4 fully saturated rings. The zero-order valence-corrected chi connectivity index (χ0v) is 12.9. The summed E-state index contributed by atoms with van der Waals surface area (Å²) >= 11 is 0. The molecule has 2 saturated carbocycles. The first-order valence-corrected chi connectivity index (χ1v) is 8.70. The molecule has 4 aliphatic carbocycles. The Bertz CT molecular complexity index is 673. The van der Waals surface area contributed by atoms with Crippen molar-refractivity contribution < 1.29 is 19.2 Å². The van der Waals surface area contributed by atoms with Crippen LogP contribution in [0.25, 0.3) is 0 Å². The van der Waals surface area contributed by atoms with Crippen molar-refractivity contribution in [2.45, 2.75) is 12.8 Å². The summed E-state index contributed by atoms with van der Waals surface area (Å²) in [6.07, 6.45) is 9.70. The van der Waals surface area contributed by atoms with Gasteiger partial charge in [-0.1, -0.05) is 24.3 Å². The van der Waals surface area contributed by atoms with Crippen molar-refractivity contribution in [1.29, 1.82) is 0 Å². The van der Waals surface area contributed by atoms with Crippen molar-refractivity contribution >= 4 is 23.6 Å². The fourth-order valence-electron chi connectivity index (χ4n) is 6.17. The van der Waals surface area contributed by atoms with Gasteiger partial charge in [0, 0.05) is 0 Å². The number of rotatable bonds is 1. The van der Waals surface area contributed by atoms with E-state index in [2.05, 4.69) is 0 Å². The average Bonchev–Trinajstić information content (AvgIpc) is 3.36. The molecule has 6 heteroatoms. The number of hydrazine groups is 1. The quantitative estimate of drug-likeness (QED) is 0.520. The lowest BCUT2D eigenvalue weighted by Crippen LogP contribution is -2.51. The number of nitrogens with zero attached hydrogens (tertiary/aromatic N) is 2. The van der Waals surface area contributed by atoms with E-state index in [4.69, 9.17) is 0 Å². The van der Waals surface area contributed by atoms with Crippen LogP contribution in [0.3, 0.4) is 0 Å². The van der Waals surface area contributed by atoms with Gasteiger partial charge >= 0.3 is 0 Å². The number of allylic oxidation sites excluding steroid dienone is 4. The highest BCUT2D eigenvalue weighted by molar-refractivity contribution is 6.14.